The van der Waals surface area contributed by atoms with E-state index < -0.39 is 0 Å². The molecule has 0 bridgehead atoms. The lowest BCUT2D eigenvalue weighted by Gasteiger charge is -2.33. The van der Waals surface area contributed by atoms with E-state index in [-0.39, 0.29) is 16.9 Å². The number of rotatable bonds is 9. The quantitative estimate of drug-likeness (QED) is 0.144. The number of hydrogen-bond donors (Lipinski definition) is 0. The third-order valence-electron chi connectivity index (χ3n) is 13.5. The Morgan fingerprint density at radius 3 is 1.72 bits per heavy atom. The lowest BCUT2D eigenvalue weighted by molar-refractivity contribution is 0.659. The van der Waals surface area contributed by atoms with E-state index in [1.54, 1.807) is 0 Å². The summed E-state index contributed by atoms with van der Waals surface area (Å²) in [6, 6.07) is 58.5. The molecule has 0 amide bonds. The lowest BCUT2D eigenvalue weighted by atomic mass is 9.81. The van der Waals surface area contributed by atoms with Crippen molar-refractivity contribution in [2.45, 2.75) is 72.3 Å². The molecule has 0 fully saturated rings. The van der Waals surface area contributed by atoms with Gasteiger partial charge in [-0.25, -0.2) is 0 Å². The Labute approximate surface area is 363 Å². The molecule has 0 heterocycles. The summed E-state index contributed by atoms with van der Waals surface area (Å²) >= 11 is 0. The second-order valence-corrected chi connectivity index (χ2v) is 18.1. The van der Waals surface area contributed by atoms with Gasteiger partial charge < -0.3 is 9.80 Å². The fourth-order valence-corrected chi connectivity index (χ4v) is 9.93. The van der Waals surface area contributed by atoms with Gasteiger partial charge in [0.2, 0.25) is 0 Å². The molecular weight excluding hydrogens is 737 g/mol. The molecule has 0 N–H and O–H groups in total. The third kappa shape index (κ3) is 6.57. The molecule has 2 aliphatic carbocycles. The van der Waals surface area contributed by atoms with Crippen LogP contribution in [0, 0.1) is 0 Å². The van der Waals surface area contributed by atoms with E-state index in [0.717, 1.165) is 39.5 Å². The highest BCUT2D eigenvalue weighted by Crippen LogP contribution is 2.57. The molecule has 0 aliphatic heterocycles. The fraction of sp³-hybridized carbons (Fsp3) is 0.186. The maximum Gasteiger partial charge on any atom is 0.0509 e. The van der Waals surface area contributed by atoms with Gasteiger partial charge in [0.1, 0.15) is 0 Å². The number of fused-ring (bicyclic) bond motifs is 4. The Bertz CT molecular complexity index is 2850. The van der Waals surface area contributed by atoms with Crippen molar-refractivity contribution in [3.63, 3.8) is 0 Å². The average molecular weight is 793 g/mol. The minimum atomic E-state index is -0.357. The Hall–Kier alpha value is -6.64. The number of hydrogen-bond acceptors (Lipinski definition) is 2. The largest absolute Gasteiger partial charge is 0.339 e. The molecule has 302 valence electrons. The van der Waals surface area contributed by atoms with Crippen LogP contribution in [0.3, 0.4) is 0 Å². The minimum absolute atomic E-state index is 0.128. The molecule has 0 atom stereocenters. The second kappa shape index (κ2) is 15.1. The van der Waals surface area contributed by atoms with Crippen LogP contribution in [0.15, 0.2) is 183 Å². The molecule has 61 heavy (non-hydrogen) atoms. The predicted octanol–water partition coefficient (Wildman–Crippen LogP) is 16.6. The summed E-state index contributed by atoms with van der Waals surface area (Å²) in [5.41, 5.74) is 22.4. The van der Waals surface area contributed by atoms with Crippen molar-refractivity contribution in [2.24, 2.45) is 0 Å². The smallest absolute Gasteiger partial charge is 0.0509 e. The molecule has 0 saturated heterocycles. The van der Waals surface area contributed by atoms with Crippen LogP contribution in [0.1, 0.15) is 83.2 Å². The van der Waals surface area contributed by atoms with Gasteiger partial charge in [-0.3, -0.25) is 0 Å². The van der Waals surface area contributed by atoms with Crippen LogP contribution in [0.4, 0.5) is 28.4 Å². The monoisotopic (exact) mass is 792 g/mol. The SMILES string of the molecule is C=C1C(=C)C(C)(C)c2c(N(c3ccc(C(C)=CC)cc3)c3ccc4c(c3)C(C)(C)c3ccccc3-4)ccc(-c3ccc(N(c4ccc(-c5ccccc5)cc4)C(C)C)cc3)c21. The van der Waals surface area contributed by atoms with Gasteiger partial charge in [0.15, 0.2) is 0 Å². The summed E-state index contributed by atoms with van der Waals surface area (Å²) in [6.45, 7) is 27.6. The van der Waals surface area contributed by atoms with Crippen molar-refractivity contribution in [1.29, 1.82) is 0 Å². The van der Waals surface area contributed by atoms with Crippen LogP contribution in [-0.2, 0) is 10.8 Å². The molecule has 2 aliphatic rings. The Morgan fingerprint density at radius 2 is 1.08 bits per heavy atom. The van der Waals surface area contributed by atoms with E-state index in [9.17, 15) is 0 Å². The zero-order chi connectivity index (χ0) is 42.8. The molecule has 7 aromatic rings. The molecule has 9 rings (SSSR count). The van der Waals surface area contributed by atoms with Gasteiger partial charge >= 0.3 is 0 Å². The standard InChI is InChI=1S/C59H56N2/c1-11-39(4)42-21-27-48(28-22-42)61(49-33-34-52-51-19-15-16-20-53(51)59(9,10)54(52)37-49)55-36-35-50(56-40(5)41(6)58(7,8)57(55)56)45-25-31-47(32-26-45)60(38(2)3)46-29-23-44(24-30-46)43-17-13-12-14-18-43/h11-38H,5-6H2,1-4,7-10H3. The Kier molecular flexibility index (Phi) is 9.87. The van der Waals surface area contributed by atoms with E-state index in [2.05, 4.69) is 229 Å². The molecule has 7 aromatic carbocycles. The second-order valence-electron chi connectivity index (χ2n) is 18.1. The lowest BCUT2D eigenvalue weighted by Crippen LogP contribution is -2.25. The Morgan fingerprint density at radius 1 is 0.541 bits per heavy atom. The molecule has 0 unspecified atom stereocenters. The average Bonchev–Trinajstić information content (AvgIpc) is 3.62. The van der Waals surface area contributed by atoms with Crippen LogP contribution in [0.2, 0.25) is 0 Å². The van der Waals surface area contributed by atoms with Gasteiger partial charge in [0.25, 0.3) is 0 Å². The number of benzene rings is 7. The first-order chi connectivity index (χ1) is 29.3. The highest BCUT2D eigenvalue weighted by molar-refractivity contribution is 6.00. The van der Waals surface area contributed by atoms with Crippen LogP contribution in [0.5, 0.6) is 0 Å². The first-order valence-corrected chi connectivity index (χ1v) is 21.7. The van der Waals surface area contributed by atoms with Gasteiger partial charge in [-0.2, -0.15) is 0 Å². The van der Waals surface area contributed by atoms with Crippen LogP contribution in [0.25, 0.3) is 44.5 Å². The minimum Gasteiger partial charge on any atom is -0.339 e. The summed E-state index contributed by atoms with van der Waals surface area (Å²) in [5.74, 6) is 0. The van der Waals surface area contributed by atoms with Gasteiger partial charge in [0.05, 0.1) is 5.69 Å². The van der Waals surface area contributed by atoms with E-state index in [0.29, 0.717) is 0 Å². The highest BCUT2D eigenvalue weighted by atomic mass is 15.2. The number of anilines is 5. The zero-order valence-electron chi connectivity index (χ0n) is 37.0. The maximum absolute atomic E-state index is 4.74. The summed E-state index contributed by atoms with van der Waals surface area (Å²) in [4.78, 5) is 4.88. The van der Waals surface area contributed by atoms with Crippen molar-refractivity contribution in [3.8, 4) is 33.4 Å². The van der Waals surface area contributed by atoms with Crippen LogP contribution in [-0.4, -0.2) is 6.04 Å². The first kappa shape index (κ1) is 39.8. The Balaban J connectivity index is 1.16. The molecular formula is C59H56N2. The van der Waals surface area contributed by atoms with Gasteiger partial charge in [-0.05, 0) is 160 Å². The molecule has 2 nitrogen and oxygen atoms in total. The zero-order valence-corrected chi connectivity index (χ0v) is 37.0. The van der Waals surface area contributed by atoms with Crippen molar-refractivity contribution in [1.82, 2.24) is 0 Å². The summed E-state index contributed by atoms with van der Waals surface area (Å²) in [5, 5.41) is 0. The van der Waals surface area contributed by atoms with E-state index in [1.807, 2.05) is 0 Å². The maximum atomic E-state index is 4.74. The van der Waals surface area contributed by atoms with E-state index in [4.69, 9.17) is 13.2 Å². The normalized spacial score (nSPS) is 14.8. The van der Waals surface area contributed by atoms with Crippen LogP contribution >= 0.6 is 0 Å². The molecule has 0 spiro atoms. The van der Waals surface area contributed by atoms with E-state index in [1.165, 1.54) is 66.9 Å². The molecule has 0 saturated carbocycles. The van der Waals surface area contributed by atoms with Crippen molar-refractivity contribution >= 4 is 39.6 Å². The third-order valence-corrected chi connectivity index (χ3v) is 13.5. The van der Waals surface area contributed by atoms with E-state index >= 15 is 0 Å². The molecule has 0 aromatic heterocycles. The summed E-state index contributed by atoms with van der Waals surface area (Å²) in [6.07, 6.45) is 2.18. The first-order valence-electron chi connectivity index (χ1n) is 21.7. The topological polar surface area (TPSA) is 6.48 Å². The molecule has 2 heteroatoms. The summed E-state index contributed by atoms with van der Waals surface area (Å²) < 4.78 is 0. The number of nitrogens with zero attached hydrogens (tertiary/aromatic N) is 2. The van der Waals surface area contributed by atoms with Crippen molar-refractivity contribution in [3.05, 3.63) is 210 Å². The summed E-state index contributed by atoms with van der Waals surface area (Å²) in [7, 11) is 0. The van der Waals surface area contributed by atoms with Gasteiger partial charge in [0, 0.05) is 39.6 Å². The van der Waals surface area contributed by atoms with Crippen molar-refractivity contribution < 1.29 is 0 Å². The van der Waals surface area contributed by atoms with Gasteiger partial charge in [-0.15, -0.1) is 0 Å². The molecule has 0 radical (unpaired) electrons. The van der Waals surface area contributed by atoms with Crippen LogP contribution < -0.4 is 9.80 Å². The van der Waals surface area contributed by atoms with Crippen molar-refractivity contribution in [2.75, 3.05) is 9.80 Å². The fourth-order valence-electron chi connectivity index (χ4n) is 9.93. The van der Waals surface area contributed by atoms with Gasteiger partial charge in [-0.1, -0.05) is 150 Å². The highest BCUT2D eigenvalue weighted by Gasteiger charge is 2.42. The predicted molar refractivity (Wildman–Crippen MR) is 264 cm³/mol. The number of allylic oxidation sites excluding steroid dienone is 4.